The maximum absolute atomic E-state index is 11.5. The Kier molecular flexibility index (Phi) is 4.89. The first kappa shape index (κ1) is 17.9. The number of benzene rings is 2. The molecule has 136 valence electrons. The van der Waals surface area contributed by atoms with Gasteiger partial charge in [-0.05, 0) is 55.7 Å². The molecule has 0 fully saturated rings. The molecule has 3 aromatic rings. The van der Waals surface area contributed by atoms with Crippen LogP contribution >= 0.6 is 0 Å². The van der Waals surface area contributed by atoms with E-state index in [0.29, 0.717) is 18.1 Å². The van der Waals surface area contributed by atoms with Crippen molar-refractivity contribution in [1.82, 2.24) is 4.98 Å². The van der Waals surface area contributed by atoms with Gasteiger partial charge in [0.1, 0.15) is 0 Å². The molecule has 5 heteroatoms. The Balaban J connectivity index is 2.26. The number of aliphatic carboxylic acids is 1. The van der Waals surface area contributed by atoms with Crippen molar-refractivity contribution < 1.29 is 19.4 Å². The van der Waals surface area contributed by atoms with Crippen LogP contribution in [0.3, 0.4) is 0 Å². The van der Waals surface area contributed by atoms with Crippen LogP contribution in [0.15, 0.2) is 30.3 Å². The first-order valence-corrected chi connectivity index (χ1v) is 8.60. The van der Waals surface area contributed by atoms with Crippen molar-refractivity contribution in [2.24, 2.45) is 0 Å². The summed E-state index contributed by atoms with van der Waals surface area (Å²) in [5.41, 5.74) is 5.59. The fourth-order valence-electron chi connectivity index (χ4n) is 3.36. The number of methoxy groups -OCH3 is 1. The van der Waals surface area contributed by atoms with E-state index < -0.39 is 5.97 Å². The second-order valence-electron chi connectivity index (χ2n) is 6.30. The van der Waals surface area contributed by atoms with Gasteiger partial charge in [-0.2, -0.15) is 0 Å². The monoisotopic (exact) mass is 353 g/mol. The average Bonchev–Trinajstić information content (AvgIpc) is 2.99. The molecule has 0 unspecified atom stereocenters. The summed E-state index contributed by atoms with van der Waals surface area (Å²) in [4.78, 5) is 14.9. The number of H-pyrrole nitrogens is 1. The number of fused-ring (bicyclic) bond motifs is 1. The normalized spacial score (nSPS) is 10.9. The third kappa shape index (κ3) is 3.12. The van der Waals surface area contributed by atoms with Crippen LogP contribution in [-0.4, -0.2) is 29.8 Å². The van der Waals surface area contributed by atoms with Crippen molar-refractivity contribution in [3.05, 3.63) is 47.0 Å². The predicted molar refractivity (Wildman–Crippen MR) is 102 cm³/mol. The Morgan fingerprint density at radius 2 is 1.85 bits per heavy atom. The highest BCUT2D eigenvalue weighted by Gasteiger charge is 2.19. The van der Waals surface area contributed by atoms with Crippen LogP contribution in [0.2, 0.25) is 0 Å². The van der Waals surface area contributed by atoms with Crippen molar-refractivity contribution in [1.29, 1.82) is 0 Å². The van der Waals surface area contributed by atoms with E-state index in [-0.39, 0.29) is 6.42 Å². The van der Waals surface area contributed by atoms with E-state index in [0.717, 1.165) is 38.9 Å². The van der Waals surface area contributed by atoms with E-state index in [1.54, 1.807) is 7.11 Å². The number of carboxylic acid groups (broad SMARTS) is 1. The lowest BCUT2D eigenvalue weighted by Gasteiger charge is -2.11. The molecule has 0 amide bonds. The van der Waals surface area contributed by atoms with Crippen LogP contribution in [0, 0.1) is 13.8 Å². The summed E-state index contributed by atoms with van der Waals surface area (Å²) in [6, 6.07) is 9.73. The number of rotatable bonds is 6. The molecule has 3 rings (SSSR count). The molecule has 2 aromatic carbocycles. The zero-order valence-electron chi connectivity index (χ0n) is 15.5. The Morgan fingerprint density at radius 1 is 1.12 bits per heavy atom. The van der Waals surface area contributed by atoms with Crippen LogP contribution < -0.4 is 9.47 Å². The summed E-state index contributed by atoms with van der Waals surface area (Å²) in [6.07, 6.45) is -0.0465. The Bertz CT molecular complexity index is 972. The summed E-state index contributed by atoms with van der Waals surface area (Å²) in [6.45, 7) is 6.49. The number of aromatic amines is 1. The third-order valence-corrected chi connectivity index (χ3v) is 4.56. The topological polar surface area (TPSA) is 71.6 Å². The Labute approximate surface area is 152 Å². The van der Waals surface area contributed by atoms with Crippen molar-refractivity contribution in [2.45, 2.75) is 27.2 Å². The first-order chi connectivity index (χ1) is 12.5. The van der Waals surface area contributed by atoms with Crippen LogP contribution in [0.25, 0.3) is 22.2 Å². The highest BCUT2D eigenvalue weighted by atomic mass is 16.5. The van der Waals surface area contributed by atoms with Crippen LogP contribution in [0.4, 0.5) is 0 Å². The molecule has 0 aliphatic carbocycles. The lowest BCUT2D eigenvalue weighted by atomic mass is 9.98. The summed E-state index contributed by atoms with van der Waals surface area (Å²) in [5.74, 6) is 0.436. The molecule has 1 aromatic heterocycles. The SMILES string of the molecule is CCOc1ccc(-c2[nH]c3c(C)ccc(C)c3c2CC(=O)O)cc1OC. The molecule has 0 atom stereocenters. The van der Waals surface area contributed by atoms with E-state index in [4.69, 9.17) is 9.47 Å². The van der Waals surface area contributed by atoms with Crippen LogP contribution in [0.1, 0.15) is 23.6 Å². The number of hydrogen-bond donors (Lipinski definition) is 2. The second-order valence-corrected chi connectivity index (χ2v) is 6.30. The van der Waals surface area contributed by atoms with Gasteiger partial charge in [0.2, 0.25) is 0 Å². The number of nitrogens with one attached hydrogen (secondary N) is 1. The molecule has 1 heterocycles. The summed E-state index contributed by atoms with van der Waals surface area (Å²) in [5, 5.41) is 10.4. The Hall–Kier alpha value is -2.95. The Morgan fingerprint density at radius 3 is 2.50 bits per heavy atom. The van der Waals surface area contributed by atoms with Gasteiger partial charge in [-0.15, -0.1) is 0 Å². The van der Waals surface area contributed by atoms with Gasteiger partial charge in [0.15, 0.2) is 11.5 Å². The number of carboxylic acids is 1. The van der Waals surface area contributed by atoms with E-state index in [2.05, 4.69) is 4.98 Å². The molecule has 0 aliphatic rings. The third-order valence-electron chi connectivity index (χ3n) is 4.56. The molecule has 0 aliphatic heterocycles. The van der Waals surface area contributed by atoms with E-state index in [1.807, 2.05) is 51.1 Å². The molecule has 0 radical (unpaired) electrons. The standard InChI is InChI=1S/C21H23NO4/c1-5-26-16-9-8-14(10-17(16)25-4)21-15(11-18(23)24)19-12(2)6-7-13(3)20(19)22-21/h6-10,22H,5,11H2,1-4H3,(H,23,24). The lowest BCUT2D eigenvalue weighted by molar-refractivity contribution is -0.136. The smallest absolute Gasteiger partial charge is 0.307 e. The van der Waals surface area contributed by atoms with Gasteiger partial charge in [0.05, 0.1) is 25.8 Å². The molecule has 5 nitrogen and oxygen atoms in total. The zero-order valence-corrected chi connectivity index (χ0v) is 15.5. The van der Waals surface area contributed by atoms with Crippen molar-refractivity contribution >= 4 is 16.9 Å². The fraction of sp³-hybridized carbons (Fsp3) is 0.286. The summed E-state index contributed by atoms with van der Waals surface area (Å²) < 4.78 is 11.0. The number of ether oxygens (including phenoxy) is 2. The van der Waals surface area contributed by atoms with Gasteiger partial charge in [-0.1, -0.05) is 12.1 Å². The van der Waals surface area contributed by atoms with Gasteiger partial charge in [-0.25, -0.2) is 0 Å². The lowest BCUT2D eigenvalue weighted by Crippen LogP contribution is -2.02. The molecule has 0 saturated heterocycles. The molecule has 2 N–H and O–H groups in total. The summed E-state index contributed by atoms with van der Waals surface area (Å²) in [7, 11) is 1.60. The highest BCUT2D eigenvalue weighted by molar-refractivity contribution is 5.97. The van der Waals surface area contributed by atoms with Crippen molar-refractivity contribution in [3.63, 3.8) is 0 Å². The number of aromatic nitrogens is 1. The fourth-order valence-corrected chi connectivity index (χ4v) is 3.36. The molecule has 0 bridgehead atoms. The first-order valence-electron chi connectivity index (χ1n) is 8.60. The highest BCUT2D eigenvalue weighted by Crippen LogP contribution is 2.38. The number of aryl methyl sites for hydroxylation is 2. The molecule has 26 heavy (non-hydrogen) atoms. The maximum atomic E-state index is 11.5. The molecular weight excluding hydrogens is 330 g/mol. The largest absolute Gasteiger partial charge is 0.493 e. The summed E-state index contributed by atoms with van der Waals surface area (Å²) >= 11 is 0. The predicted octanol–water partition coefficient (Wildman–Crippen LogP) is 4.49. The quantitative estimate of drug-likeness (QED) is 0.685. The van der Waals surface area contributed by atoms with Crippen molar-refractivity contribution in [2.75, 3.05) is 13.7 Å². The maximum Gasteiger partial charge on any atom is 0.307 e. The van der Waals surface area contributed by atoms with Gasteiger partial charge in [0, 0.05) is 16.5 Å². The second kappa shape index (κ2) is 7.12. The molecular formula is C21H23NO4. The van der Waals surface area contributed by atoms with Crippen molar-refractivity contribution in [3.8, 4) is 22.8 Å². The zero-order chi connectivity index (χ0) is 18.8. The minimum absolute atomic E-state index is 0.0465. The minimum atomic E-state index is -0.856. The molecule has 0 saturated carbocycles. The van der Waals surface area contributed by atoms with Gasteiger partial charge in [-0.3, -0.25) is 4.79 Å². The van der Waals surface area contributed by atoms with Gasteiger partial charge in [0.25, 0.3) is 0 Å². The van der Waals surface area contributed by atoms with Crippen LogP contribution in [-0.2, 0) is 11.2 Å². The van der Waals surface area contributed by atoms with Crippen LogP contribution in [0.5, 0.6) is 11.5 Å². The van der Waals surface area contributed by atoms with Gasteiger partial charge < -0.3 is 19.6 Å². The van der Waals surface area contributed by atoms with E-state index in [1.165, 1.54) is 0 Å². The van der Waals surface area contributed by atoms with Gasteiger partial charge >= 0.3 is 5.97 Å². The average molecular weight is 353 g/mol. The van der Waals surface area contributed by atoms with E-state index in [9.17, 15) is 9.90 Å². The number of hydrogen-bond acceptors (Lipinski definition) is 3. The van der Waals surface area contributed by atoms with E-state index >= 15 is 0 Å². The molecule has 0 spiro atoms. The minimum Gasteiger partial charge on any atom is -0.493 e. The number of carbonyl (C=O) groups is 1.